The molecule has 90 valence electrons. The minimum atomic E-state index is -0.0388. The van der Waals surface area contributed by atoms with Crippen LogP contribution in [0.15, 0.2) is 5.16 Å². The van der Waals surface area contributed by atoms with Gasteiger partial charge >= 0.3 is 0 Å². The number of ether oxygens (including phenoxy) is 1. The molecular formula is C12H20N2O2. The van der Waals surface area contributed by atoms with Gasteiger partial charge in [0.25, 0.3) is 0 Å². The summed E-state index contributed by atoms with van der Waals surface area (Å²) in [7, 11) is 2.24. The summed E-state index contributed by atoms with van der Waals surface area (Å²) in [5.74, 6) is 0.798. The fourth-order valence-electron chi connectivity index (χ4n) is 3.48. The van der Waals surface area contributed by atoms with Crippen LogP contribution < -0.4 is 0 Å². The zero-order chi connectivity index (χ0) is 11.2. The minimum absolute atomic E-state index is 0.0388. The summed E-state index contributed by atoms with van der Waals surface area (Å²) in [6.45, 7) is 2.68. The molecule has 0 saturated carbocycles. The molecule has 0 aromatic rings. The van der Waals surface area contributed by atoms with E-state index in [0.29, 0.717) is 18.7 Å². The van der Waals surface area contributed by atoms with Gasteiger partial charge in [-0.05, 0) is 26.8 Å². The molecule has 1 unspecified atom stereocenters. The quantitative estimate of drug-likeness (QED) is 0.680. The van der Waals surface area contributed by atoms with Crippen molar-refractivity contribution in [2.45, 2.75) is 56.7 Å². The van der Waals surface area contributed by atoms with Crippen LogP contribution in [0.4, 0.5) is 0 Å². The van der Waals surface area contributed by atoms with Gasteiger partial charge in [0.2, 0.25) is 5.90 Å². The van der Waals surface area contributed by atoms with Crippen LogP contribution in [0.5, 0.6) is 0 Å². The van der Waals surface area contributed by atoms with E-state index in [2.05, 4.69) is 17.1 Å². The van der Waals surface area contributed by atoms with Crippen molar-refractivity contribution in [2.24, 2.45) is 5.16 Å². The summed E-state index contributed by atoms with van der Waals surface area (Å²) in [6, 6.07) is 1.38. The Labute approximate surface area is 96.6 Å². The van der Waals surface area contributed by atoms with Crippen molar-refractivity contribution < 1.29 is 9.57 Å². The monoisotopic (exact) mass is 224 g/mol. The Kier molecular flexibility index (Phi) is 2.35. The molecule has 3 aliphatic heterocycles. The standard InChI is InChI=1S/C12H20N2O2/c1-3-15-11-8-12(16-13-11)6-9-4-5-10(7-12)14(9)2/h9-10H,3-8H2,1-2H3/t9-,10+,12?. The maximum absolute atomic E-state index is 5.71. The van der Waals surface area contributed by atoms with Crippen LogP contribution >= 0.6 is 0 Å². The third-order valence-corrected chi connectivity index (χ3v) is 4.33. The first-order valence-electron chi connectivity index (χ1n) is 6.32. The summed E-state index contributed by atoms with van der Waals surface area (Å²) >= 11 is 0. The van der Waals surface area contributed by atoms with Gasteiger partial charge in [0.15, 0.2) is 0 Å². The molecule has 2 saturated heterocycles. The second kappa shape index (κ2) is 3.62. The lowest BCUT2D eigenvalue weighted by atomic mass is 9.84. The first-order valence-corrected chi connectivity index (χ1v) is 6.32. The predicted molar refractivity (Wildman–Crippen MR) is 61.3 cm³/mol. The third-order valence-electron chi connectivity index (χ3n) is 4.33. The molecule has 3 atom stereocenters. The predicted octanol–water partition coefficient (Wildman–Crippen LogP) is 1.75. The summed E-state index contributed by atoms with van der Waals surface area (Å²) in [4.78, 5) is 8.23. The maximum Gasteiger partial charge on any atom is 0.229 e. The van der Waals surface area contributed by atoms with Gasteiger partial charge in [-0.2, -0.15) is 0 Å². The summed E-state index contributed by atoms with van der Waals surface area (Å²) in [6.07, 6.45) is 5.73. The Morgan fingerprint density at radius 3 is 2.75 bits per heavy atom. The number of nitrogens with zero attached hydrogens (tertiary/aromatic N) is 2. The Morgan fingerprint density at radius 2 is 2.12 bits per heavy atom. The van der Waals surface area contributed by atoms with E-state index in [1.54, 1.807) is 0 Å². The van der Waals surface area contributed by atoms with Crippen molar-refractivity contribution in [1.29, 1.82) is 0 Å². The molecule has 1 spiro atoms. The molecular weight excluding hydrogens is 204 g/mol. The van der Waals surface area contributed by atoms with Gasteiger partial charge in [0.05, 0.1) is 13.0 Å². The van der Waals surface area contributed by atoms with E-state index < -0.39 is 0 Å². The second-order valence-corrected chi connectivity index (χ2v) is 5.33. The minimum Gasteiger partial charge on any atom is -0.479 e. The average molecular weight is 224 g/mol. The van der Waals surface area contributed by atoms with E-state index in [9.17, 15) is 0 Å². The maximum atomic E-state index is 5.71. The van der Waals surface area contributed by atoms with Crippen LogP contribution in [0.1, 0.15) is 39.0 Å². The number of hydrogen-bond donors (Lipinski definition) is 0. The highest BCUT2D eigenvalue weighted by atomic mass is 16.7. The van der Waals surface area contributed by atoms with Gasteiger partial charge in [-0.25, -0.2) is 0 Å². The zero-order valence-corrected chi connectivity index (χ0v) is 10.1. The van der Waals surface area contributed by atoms with E-state index >= 15 is 0 Å². The van der Waals surface area contributed by atoms with Crippen LogP contribution in [0.3, 0.4) is 0 Å². The normalized spacial score (nSPS) is 42.2. The Morgan fingerprint density at radius 1 is 1.44 bits per heavy atom. The van der Waals surface area contributed by atoms with Gasteiger partial charge < -0.3 is 14.5 Å². The van der Waals surface area contributed by atoms with Crippen LogP contribution in [0, 0.1) is 0 Å². The van der Waals surface area contributed by atoms with Gasteiger partial charge in [0, 0.05) is 24.9 Å². The first-order chi connectivity index (χ1) is 7.72. The molecule has 3 heterocycles. The molecule has 0 radical (unpaired) electrons. The fourth-order valence-corrected chi connectivity index (χ4v) is 3.48. The SMILES string of the molecule is CCOC1=NOC2(C1)C[C@H]1CC[C@@H](C2)N1C. The van der Waals surface area contributed by atoms with Gasteiger partial charge in [-0.15, -0.1) is 0 Å². The largest absolute Gasteiger partial charge is 0.479 e. The summed E-state index contributed by atoms with van der Waals surface area (Å²) < 4.78 is 5.46. The summed E-state index contributed by atoms with van der Waals surface area (Å²) in [5, 5.41) is 4.10. The highest BCUT2D eigenvalue weighted by molar-refractivity contribution is 5.78. The van der Waals surface area contributed by atoms with Crippen LogP contribution in [-0.2, 0) is 9.57 Å². The molecule has 2 fully saturated rings. The fraction of sp³-hybridized carbons (Fsp3) is 0.917. The third kappa shape index (κ3) is 1.51. The lowest BCUT2D eigenvalue weighted by Gasteiger charge is -2.40. The molecule has 4 heteroatoms. The van der Waals surface area contributed by atoms with Crippen molar-refractivity contribution in [3.63, 3.8) is 0 Å². The molecule has 4 nitrogen and oxygen atoms in total. The van der Waals surface area contributed by atoms with Crippen molar-refractivity contribution in [3.8, 4) is 0 Å². The van der Waals surface area contributed by atoms with E-state index in [4.69, 9.17) is 9.57 Å². The molecule has 0 N–H and O–H groups in total. The number of piperidine rings is 1. The molecule has 3 aliphatic rings. The van der Waals surface area contributed by atoms with E-state index in [-0.39, 0.29) is 5.60 Å². The van der Waals surface area contributed by atoms with E-state index in [1.807, 2.05) is 6.92 Å². The number of hydrogen-bond acceptors (Lipinski definition) is 4. The Hall–Kier alpha value is -0.770. The number of fused-ring (bicyclic) bond motifs is 2. The lowest BCUT2D eigenvalue weighted by Crippen LogP contribution is -2.49. The van der Waals surface area contributed by atoms with Gasteiger partial charge in [0.1, 0.15) is 5.60 Å². The highest BCUT2D eigenvalue weighted by Crippen LogP contribution is 2.45. The molecule has 0 aromatic heterocycles. The van der Waals surface area contributed by atoms with Crippen LogP contribution in [-0.4, -0.2) is 42.1 Å². The highest BCUT2D eigenvalue weighted by Gasteiger charge is 2.51. The van der Waals surface area contributed by atoms with Crippen molar-refractivity contribution in [1.82, 2.24) is 4.90 Å². The zero-order valence-electron chi connectivity index (χ0n) is 10.1. The molecule has 2 bridgehead atoms. The molecule has 0 aromatic carbocycles. The van der Waals surface area contributed by atoms with Gasteiger partial charge in [-0.1, -0.05) is 5.16 Å². The molecule has 0 aliphatic carbocycles. The molecule has 3 rings (SSSR count). The van der Waals surface area contributed by atoms with Crippen LogP contribution in [0.25, 0.3) is 0 Å². The van der Waals surface area contributed by atoms with Gasteiger partial charge in [-0.3, -0.25) is 0 Å². The second-order valence-electron chi connectivity index (χ2n) is 5.33. The first kappa shape index (κ1) is 10.4. The number of rotatable bonds is 1. The topological polar surface area (TPSA) is 34.1 Å². The molecule has 16 heavy (non-hydrogen) atoms. The van der Waals surface area contributed by atoms with Crippen LogP contribution in [0.2, 0.25) is 0 Å². The average Bonchev–Trinajstić information content (AvgIpc) is 2.71. The lowest BCUT2D eigenvalue weighted by molar-refractivity contribution is -0.0789. The number of oxime groups is 1. The smallest absolute Gasteiger partial charge is 0.229 e. The Balaban J connectivity index is 1.70. The van der Waals surface area contributed by atoms with Crippen molar-refractivity contribution >= 4 is 5.90 Å². The van der Waals surface area contributed by atoms with E-state index in [0.717, 1.165) is 25.2 Å². The van der Waals surface area contributed by atoms with E-state index in [1.165, 1.54) is 12.8 Å². The van der Waals surface area contributed by atoms with Crippen molar-refractivity contribution in [2.75, 3.05) is 13.7 Å². The van der Waals surface area contributed by atoms with Crippen molar-refractivity contribution in [3.05, 3.63) is 0 Å². The molecule has 0 amide bonds. The summed E-state index contributed by atoms with van der Waals surface area (Å²) in [5.41, 5.74) is -0.0388. The Bertz CT molecular complexity index is 302.